The molecule has 24 heavy (non-hydrogen) atoms. The van der Waals surface area contributed by atoms with E-state index in [9.17, 15) is 9.59 Å². The third kappa shape index (κ3) is 2.44. The zero-order valence-electron chi connectivity index (χ0n) is 15.1. The van der Waals surface area contributed by atoms with E-state index in [1.165, 1.54) is 12.7 Å². The Bertz CT molecular complexity index is 574. The Balaban J connectivity index is 2.16. The number of carbonyl (C=O) groups is 2. The fourth-order valence-electron chi connectivity index (χ4n) is 4.99. The molecule has 1 fully saturated rings. The second kappa shape index (κ2) is 5.95. The zero-order valence-corrected chi connectivity index (χ0v) is 15.1. The van der Waals surface area contributed by atoms with Gasteiger partial charge in [-0.25, -0.2) is 0 Å². The Labute approximate surface area is 143 Å². The molecule has 0 radical (unpaired) electrons. The van der Waals surface area contributed by atoms with Crippen molar-refractivity contribution >= 4 is 12.3 Å². The number of rotatable bonds is 3. The molecule has 0 aromatic heterocycles. The lowest BCUT2D eigenvalue weighted by Gasteiger charge is -2.52. The number of aldehydes is 1. The lowest BCUT2D eigenvalue weighted by Crippen LogP contribution is -2.51. The Morgan fingerprint density at radius 2 is 1.96 bits per heavy atom. The van der Waals surface area contributed by atoms with Crippen molar-refractivity contribution in [3.8, 4) is 0 Å². The summed E-state index contributed by atoms with van der Waals surface area (Å²) in [6, 6.07) is 0. The molecule has 0 aromatic rings. The van der Waals surface area contributed by atoms with E-state index in [-0.39, 0.29) is 11.4 Å². The quantitative estimate of drug-likeness (QED) is 0.450. The van der Waals surface area contributed by atoms with Crippen LogP contribution in [0.4, 0.5) is 0 Å². The van der Waals surface area contributed by atoms with Crippen molar-refractivity contribution in [1.82, 2.24) is 0 Å². The predicted octanol–water partition coefficient (Wildman–Crippen LogP) is 3.02. The second-order valence-corrected chi connectivity index (χ2v) is 7.97. The molecule has 1 spiro atoms. The predicted molar refractivity (Wildman–Crippen MR) is 88.2 cm³/mol. The van der Waals surface area contributed by atoms with Crippen LogP contribution < -0.4 is 0 Å². The highest BCUT2D eigenvalue weighted by atomic mass is 16.7. The van der Waals surface area contributed by atoms with E-state index in [1.54, 1.807) is 0 Å². The highest BCUT2D eigenvalue weighted by Crippen LogP contribution is 2.60. The molecule has 1 aliphatic heterocycles. The number of ether oxygens (including phenoxy) is 3. The molecule has 5 nitrogen and oxygen atoms in total. The summed E-state index contributed by atoms with van der Waals surface area (Å²) in [5, 5.41) is 0. The molecule has 3 aliphatic rings. The number of esters is 1. The molecular formula is C19H28O5. The van der Waals surface area contributed by atoms with E-state index in [4.69, 9.17) is 14.2 Å². The van der Waals surface area contributed by atoms with Gasteiger partial charge in [0, 0.05) is 19.3 Å². The number of methoxy groups -OCH3 is 1. The van der Waals surface area contributed by atoms with Gasteiger partial charge < -0.3 is 19.0 Å². The number of hydrogen-bond acceptors (Lipinski definition) is 5. The first-order chi connectivity index (χ1) is 11.3. The van der Waals surface area contributed by atoms with E-state index in [0.717, 1.165) is 24.7 Å². The average Bonchev–Trinajstić information content (AvgIpc) is 2.99. The first kappa shape index (κ1) is 17.6. The van der Waals surface area contributed by atoms with Crippen molar-refractivity contribution in [1.29, 1.82) is 0 Å². The highest BCUT2D eigenvalue weighted by molar-refractivity contribution is 5.81. The van der Waals surface area contributed by atoms with Gasteiger partial charge in [0.1, 0.15) is 6.29 Å². The van der Waals surface area contributed by atoms with Crippen molar-refractivity contribution in [2.24, 2.45) is 16.7 Å². The highest BCUT2D eigenvalue weighted by Gasteiger charge is 2.58. The van der Waals surface area contributed by atoms with Crippen molar-refractivity contribution in [3.63, 3.8) is 0 Å². The maximum atomic E-state index is 12.7. The summed E-state index contributed by atoms with van der Waals surface area (Å²) in [5.41, 5.74) is 1.31. The standard InChI is InChI=1S/C19H28O5/c1-13-5-6-14-15(17(13,2)7-8-20)11-19(23-9-10-24-19)12-18(14,3)16(21)22-4/h8,13H,5-7,9-12H2,1-4H3/t13-,17+,18+/m1/s1. The van der Waals surface area contributed by atoms with E-state index in [0.29, 0.717) is 38.4 Å². The van der Waals surface area contributed by atoms with E-state index in [1.807, 2.05) is 6.92 Å². The average molecular weight is 336 g/mol. The van der Waals surface area contributed by atoms with Crippen LogP contribution in [0.5, 0.6) is 0 Å². The van der Waals surface area contributed by atoms with Crippen LogP contribution in [0.3, 0.4) is 0 Å². The van der Waals surface area contributed by atoms with Crippen LogP contribution >= 0.6 is 0 Å². The molecule has 1 heterocycles. The van der Waals surface area contributed by atoms with E-state index < -0.39 is 11.2 Å². The molecule has 2 aliphatic carbocycles. The van der Waals surface area contributed by atoms with E-state index in [2.05, 4.69) is 13.8 Å². The summed E-state index contributed by atoms with van der Waals surface area (Å²) in [6.45, 7) is 7.36. The molecule has 0 bridgehead atoms. The maximum Gasteiger partial charge on any atom is 0.315 e. The van der Waals surface area contributed by atoms with Gasteiger partial charge in [-0.3, -0.25) is 4.79 Å². The molecule has 3 atom stereocenters. The van der Waals surface area contributed by atoms with Gasteiger partial charge in [0.2, 0.25) is 0 Å². The van der Waals surface area contributed by atoms with Gasteiger partial charge in [-0.05, 0) is 31.1 Å². The van der Waals surface area contributed by atoms with Crippen molar-refractivity contribution < 1.29 is 23.8 Å². The Morgan fingerprint density at radius 3 is 2.54 bits per heavy atom. The summed E-state index contributed by atoms with van der Waals surface area (Å²) in [6.07, 6.45) is 4.43. The molecular weight excluding hydrogens is 308 g/mol. The summed E-state index contributed by atoms with van der Waals surface area (Å²) in [5.74, 6) is -0.626. The largest absolute Gasteiger partial charge is 0.468 e. The van der Waals surface area contributed by atoms with Crippen LogP contribution in [-0.4, -0.2) is 38.4 Å². The molecule has 0 amide bonds. The SMILES string of the molecule is COC(=O)[C@@]1(C)CC2(CC3=C1CC[C@@H](C)[C@]3(C)CC=O)OCCO2. The molecule has 0 aromatic carbocycles. The zero-order chi connectivity index (χ0) is 17.6. The molecule has 0 unspecified atom stereocenters. The molecule has 134 valence electrons. The third-order valence-electron chi connectivity index (χ3n) is 6.66. The molecule has 0 N–H and O–H groups in total. The topological polar surface area (TPSA) is 61.8 Å². The third-order valence-corrected chi connectivity index (χ3v) is 6.66. The lowest BCUT2D eigenvalue weighted by molar-refractivity contribution is -0.195. The van der Waals surface area contributed by atoms with Crippen LogP contribution in [0.25, 0.3) is 0 Å². The summed E-state index contributed by atoms with van der Waals surface area (Å²) in [7, 11) is 1.43. The second-order valence-electron chi connectivity index (χ2n) is 7.97. The van der Waals surface area contributed by atoms with Gasteiger partial charge in [0.25, 0.3) is 0 Å². The summed E-state index contributed by atoms with van der Waals surface area (Å²) >= 11 is 0. The maximum absolute atomic E-state index is 12.7. The smallest absolute Gasteiger partial charge is 0.315 e. The summed E-state index contributed by atoms with van der Waals surface area (Å²) in [4.78, 5) is 24.1. The van der Waals surface area contributed by atoms with Crippen molar-refractivity contribution in [2.45, 2.75) is 58.7 Å². The van der Waals surface area contributed by atoms with Gasteiger partial charge in [0.05, 0.1) is 25.7 Å². The normalized spacial score (nSPS) is 38.1. The van der Waals surface area contributed by atoms with Crippen molar-refractivity contribution in [2.75, 3.05) is 20.3 Å². The molecule has 5 heteroatoms. The van der Waals surface area contributed by atoms with E-state index >= 15 is 0 Å². The Hall–Kier alpha value is -1.20. The van der Waals surface area contributed by atoms with Crippen LogP contribution in [0.2, 0.25) is 0 Å². The number of carbonyl (C=O) groups excluding carboxylic acids is 2. The molecule has 1 saturated heterocycles. The Morgan fingerprint density at radius 1 is 1.29 bits per heavy atom. The fourth-order valence-corrected chi connectivity index (χ4v) is 4.99. The van der Waals surface area contributed by atoms with Gasteiger partial charge in [-0.2, -0.15) is 0 Å². The molecule has 3 rings (SSSR count). The van der Waals surface area contributed by atoms with Crippen LogP contribution in [-0.2, 0) is 23.8 Å². The van der Waals surface area contributed by atoms with Gasteiger partial charge in [-0.1, -0.05) is 25.0 Å². The molecule has 0 saturated carbocycles. The van der Waals surface area contributed by atoms with Crippen LogP contribution in [0.1, 0.15) is 52.9 Å². The van der Waals surface area contributed by atoms with Crippen LogP contribution in [0, 0.1) is 16.7 Å². The van der Waals surface area contributed by atoms with Gasteiger partial charge in [-0.15, -0.1) is 0 Å². The minimum absolute atomic E-state index is 0.240. The number of hydrogen-bond donors (Lipinski definition) is 0. The first-order valence-corrected chi connectivity index (χ1v) is 8.84. The lowest BCUT2D eigenvalue weighted by atomic mass is 9.54. The fraction of sp³-hybridized carbons (Fsp3) is 0.789. The first-order valence-electron chi connectivity index (χ1n) is 8.84. The Kier molecular flexibility index (Phi) is 4.37. The summed E-state index contributed by atoms with van der Waals surface area (Å²) < 4.78 is 17.1. The van der Waals surface area contributed by atoms with Crippen LogP contribution in [0.15, 0.2) is 11.1 Å². The van der Waals surface area contributed by atoms with Gasteiger partial charge in [0.15, 0.2) is 5.79 Å². The van der Waals surface area contributed by atoms with Crippen molar-refractivity contribution in [3.05, 3.63) is 11.1 Å². The minimum atomic E-state index is -0.761. The minimum Gasteiger partial charge on any atom is -0.468 e. The van der Waals surface area contributed by atoms with Gasteiger partial charge >= 0.3 is 5.97 Å². The monoisotopic (exact) mass is 336 g/mol.